The molecule has 1 amide bonds. The van der Waals surface area contributed by atoms with Crippen molar-refractivity contribution >= 4 is 27.5 Å². The molecule has 2 aliphatic carbocycles. The molecule has 0 heterocycles. The molecule has 1 aromatic rings. The zero-order chi connectivity index (χ0) is 15.5. The molecule has 0 radical (unpaired) electrons. The molecule has 0 bridgehead atoms. The van der Waals surface area contributed by atoms with E-state index >= 15 is 0 Å². The van der Waals surface area contributed by atoms with Gasteiger partial charge in [-0.3, -0.25) is 4.79 Å². The van der Waals surface area contributed by atoms with Crippen molar-refractivity contribution in [1.29, 1.82) is 0 Å². The molecule has 0 aromatic heterocycles. The molecule has 1 aromatic carbocycles. The Morgan fingerprint density at radius 2 is 1.68 bits per heavy atom. The number of halogens is 1. The number of hydrazone groups is 1. The Bertz CT molecular complexity index is 553. The van der Waals surface area contributed by atoms with E-state index in [1.54, 1.807) is 0 Å². The van der Waals surface area contributed by atoms with Crippen molar-refractivity contribution in [3.63, 3.8) is 0 Å². The van der Waals surface area contributed by atoms with Crippen LogP contribution in [-0.4, -0.2) is 11.6 Å². The van der Waals surface area contributed by atoms with Crippen molar-refractivity contribution < 1.29 is 4.79 Å². The minimum absolute atomic E-state index is 0.119. The van der Waals surface area contributed by atoms with E-state index in [9.17, 15) is 4.79 Å². The maximum absolute atomic E-state index is 12.4. The van der Waals surface area contributed by atoms with E-state index < -0.39 is 0 Å². The van der Waals surface area contributed by atoms with Crippen molar-refractivity contribution in [3.8, 4) is 0 Å². The van der Waals surface area contributed by atoms with Crippen LogP contribution in [0.3, 0.4) is 0 Å². The third-order valence-electron chi connectivity index (χ3n) is 5.06. The average molecular weight is 363 g/mol. The Kier molecular flexibility index (Phi) is 4.97. The highest BCUT2D eigenvalue weighted by Gasteiger charge is 2.53. The van der Waals surface area contributed by atoms with Gasteiger partial charge in [0.25, 0.3) is 0 Å². The molecule has 3 nitrogen and oxygen atoms in total. The molecule has 2 atom stereocenters. The standard InChI is InChI=1S/C18H23BrN2O/c1-12(13-8-10-14(19)11-9-13)20-21-18(22)17-15-6-4-2-3-5-7-16(15)17/h8-11,15-17H,2-7H2,1H3,(H,21,22)/b20-12+/t15-,16-/m1/s1. The first kappa shape index (κ1) is 15.7. The first-order valence-corrected chi connectivity index (χ1v) is 9.06. The summed E-state index contributed by atoms with van der Waals surface area (Å²) in [5, 5.41) is 4.29. The average Bonchev–Trinajstić information content (AvgIpc) is 3.16. The molecule has 0 unspecified atom stereocenters. The monoisotopic (exact) mass is 362 g/mol. The normalized spacial score (nSPS) is 28.3. The molecule has 0 aliphatic heterocycles. The second-order valence-corrected chi connectivity index (χ2v) is 7.44. The van der Waals surface area contributed by atoms with Crippen LogP contribution < -0.4 is 5.43 Å². The zero-order valence-electron chi connectivity index (χ0n) is 13.0. The van der Waals surface area contributed by atoms with E-state index in [1.807, 2.05) is 31.2 Å². The van der Waals surface area contributed by atoms with E-state index in [1.165, 1.54) is 38.5 Å². The fourth-order valence-electron chi connectivity index (χ4n) is 3.70. The van der Waals surface area contributed by atoms with E-state index in [-0.39, 0.29) is 11.8 Å². The number of fused-ring (bicyclic) bond motifs is 1. The molecule has 0 saturated heterocycles. The Morgan fingerprint density at radius 3 is 2.27 bits per heavy atom. The van der Waals surface area contributed by atoms with Gasteiger partial charge in [0.2, 0.25) is 5.91 Å². The molecule has 22 heavy (non-hydrogen) atoms. The molecule has 4 heteroatoms. The van der Waals surface area contributed by atoms with Crippen LogP contribution >= 0.6 is 15.9 Å². The Balaban J connectivity index is 1.58. The molecule has 0 spiro atoms. The molecule has 2 aliphatic rings. The van der Waals surface area contributed by atoms with Crippen LogP contribution in [0.5, 0.6) is 0 Å². The van der Waals surface area contributed by atoms with Gasteiger partial charge in [-0.1, -0.05) is 53.7 Å². The summed E-state index contributed by atoms with van der Waals surface area (Å²) in [5.41, 5.74) is 4.67. The van der Waals surface area contributed by atoms with Crippen LogP contribution in [0.1, 0.15) is 51.0 Å². The van der Waals surface area contributed by atoms with Gasteiger partial charge in [-0.05, 0) is 49.3 Å². The lowest BCUT2D eigenvalue weighted by atomic mass is 10.0. The number of nitrogens with one attached hydrogen (secondary N) is 1. The summed E-state index contributed by atoms with van der Waals surface area (Å²) < 4.78 is 1.04. The maximum atomic E-state index is 12.4. The summed E-state index contributed by atoms with van der Waals surface area (Å²) in [6.45, 7) is 1.93. The fourth-order valence-corrected chi connectivity index (χ4v) is 3.97. The summed E-state index contributed by atoms with van der Waals surface area (Å²) in [5.74, 6) is 1.56. The van der Waals surface area contributed by atoms with Crippen molar-refractivity contribution in [1.82, 2.24) is 5.43 Å². The molecule has 2 saturated carbocycles. The smallest absolute Gasteiger partial charge is 0.243 e. The van der Waals surface area contributed by atoms with E-state index in [4.69, 9.17) is 0 Å². The second kappa shape index (κ2) is 6.95. The summed E-state index contributed by atoms with van der Waals surface area (Å²) in [6.07, 6.45) is 7.67. The number of hydrogen-bond acceptors (Lipinski definition) is 2. The number of hydrogen-bond donors (Lipinski definition) is 1. The quantitative estimate of drug-likeness (QED) is 0.623. The lowest BCUT2D eigenvalue weighted by Crippen LogP contribution is -2.22. The number of amides is 1. The third kappa shape index (κ3) is 3.60. The van der Waals surface area contributed by atoms with Crippen molar-refractivity contribution in [2.75, 3.05) is 0 Å². The maximum Gasteiger partial charge on any atom is 0.243 e. The lowest BCUT2D eigenvalue weighted by molar-refractivity contribution is -0.122. The largest absolute Gasteiger partial charge is 0.273 e. The summed E-state index contributed by atoms with van der Waals surface area (Å²) >= 11 is 3.42. The molecule has 1 N–H and O–H groups in total. The van der Waals surface area contributed by atoms with Gasteiger partial charge in [0.15, 0.2) is 0 Å². The van der Waals surface area contributed by atoms with Crippen molar-refractivity contribution in [2.24, 2.45) is 22.9 Å². The zero-order valence-corrected chi connectivity index (χ0v) is 14.6. The highest BCUT2D eigenvalue weighted by atomic mass is 79.9. The first-order chi connectivity index (χ1) is 10.7. The van der Waals surface area contributed by atoms with Crippen LogP contribution in [0.2, 0.25) is 0 Å². The highest BCUT2D eigenvalue weighted by molar-refractivity contribution is 9.10. The molecular formula is C18H23BrN2O. The van der Waals surface area contributed by atoms with Crippen LogP contribution in [0, 0.1) is 17.8 Å². The SMILES string of the molecule is C/C(=N\NC(=O)C1[C@@H]2CCCCCC[C@@H]12)c1ccc(Br)cc1. The van der Waals surface area contributed by atoms with Gasteiger partial charge in [0, 0.05) is 10.4 Å². The molecule has 118 valence electrons. The van der Waals surface area contributed by atoms with Crippen molar-refractivity contribution in [3.05, 3.63) is 34.3 Å². The molecule has 3 rings (SSSR count). The first-order valence-electron chi connectivity index (χ1n) is 8.27. The Labute approximate surface area is 140 Å². The molecule has 2 fully saturated rings. The minimum Gasteiger partial charge on any atom is -0.273 e. The van der Waals surface area contributed by atoms with Crippen molar-refractivity contribution in [2.45, 2.75) is 45.4 Å². The van der Waals surface area contributed by atoms with Gasteiger partial charge in [-0.25, -0.2) is 5.43 Å². The Hall–Kier alpha value is -1.16. The van der Waals surface area contributed by atoms with Gasteiger partial charge in [-0.2, -0.15) is 5.10 Å². The second-order valence-electron chi connectivity index (χ2n) is 6.53. The van der Waals surface area contributed by atoms with Gasteiger partial charge < -0.3 is 0 Å². The minimum atomic E-state index is 0.119. The topological polar surface area (TPSA) is 41.5 Å². The van der Waals surface area contributed by atoms with E-state index in [0.717, 1.165) is 15.7 Å². The third-order valence-corrected chi connectivity index (χ3v) is 5.58. The van der Waals surface area contributed by atoms with Crippen LogP contribution in [0.15, 0.2) is 33.8 Å². The number of carbonyl (C=O) groups is 1. The van der Waals surface area contributed by atoms with E-state index in [0.29, 0.717) is 11.8 Å². The van der Waals surface area contributed by atoms with Crippen LogP contribution in [0.25, 0.3) is 0 Å². The number of carbonyl (C=O) groups excluding carboxylic acids is 1. The Morgan fingerprint density at radius 1 is 1.09 bits per heavy atom. The van der Waals surface area contributed by atoms with E-state index in [2.05, 4.69) is 26.5 Å². The van der Waals surface area contributed by atoms with Gasteiger partial charge >= 0.3 is 0 Å². The lowest BCUT2D eigenvalue weighted by Gasteiger charge is -2.04. The highest BCUT2D eigenvalue weighted by Crippen LogP contribution is 2.53. The van der Waals surface area contributed by atoms with Crippen LogP contribution in [-0.2, 0) is 4.79 Å². The van der Waals surface area contributed by atoms with Gasteiger partial charge in [0.05, 0.1) is 5.71 Å². The van der Waals surface area contributed by atoms with Gasteiger partial charge in [0.1, 0.15) is 0 Å². The predicted molar refractivity (Wildman–Crippen MR) is 92.7 cm³/mol. The summed E-state index contributed by atoms with van der Waals surface area (Å²) in [6, 6.07) is 7.97. The summed E-state index contributed by atoms with van der Waals surface area (Å²) in [4.78, 5) is 12.4. The number of rotatable bonds is 3. The molecular weight excluding hydrogens is 340 g/mol. The van der Waals surface area contributed by atoms with Crippen LogP contribution in [0.4, 0.5) is 0 Å². The summed E-state index contributed by atoms with van der Waals surface area (Å²) in [7, 11) is 0. The predicted octanol–water partition coefficient (Wildman–Crippen LogP) is 4.51. The number of benzene rings is 1. The number of nitrogens with zero attached hydrogens (tertiary/aromatic N) is 1. The fraction of sp³-hybridized carbons (Fsp3) is 0.556. The van der Waals surface area contributed by atoms with Gasteiger partial charge in [-0.15, -0.1) is 0 Å².